The summed E-state index contributed by atoms with van der Waals surface area (Å²) < 4.78 is 0. The van der Waals surface area contributed by atoms with Crippen LogP contribution in [0, 0.1) is 6.92 Å². The van der Waals surface area contributed by atoms with Crippen molar-refractivity contribution in [2.45, 2.75) is 6.92 Å². The summed E-state index contributed by atoms with van der Waals surface area (Å²) in [6.45, 7) is 2.04. The highest BCUT2D eigenvalue weighted by molar-refractivity contribution is 5.91. The number of hydrogen-bond donors (Lipinski definition) is 0. The number of pyridine rings is 2. The van der Waals surface area contributed by atoms with Crippen LogP contribution in [0.1, 0.15) is 5.69 Å². The van der Waals surface area contributed by atoms with Crippen LogP contribution >= 0.6 is 0 Å². The lowest BCUT2D eigenvalue weighted by Crippen LogP contribution is -1.97. The molecule has 2 aromatic heterocycles. The van der Waals surface area contributed by atoms with Gasteiger partial charge in [0.2, 0.25) is 0 Å². The summed E-state index contributed by atoms with van der Waals surface area (Å²) in [5, 5.41) is 0. The van der Waals surface area contributed by atoms with E-state index in [1.807, 2.05) is 55.6 Å². The van der Waals surface area contributed by atoms with Gasteiger partial charge in [0, 0.05) is 23.0 Å². The molecule has 4 aromatic rings. The Bertz CT molecular complexity index is 918. The maximum atomic E-state index is 4.87. The van der Waals surface area contributed by atoms with Crippen LogP contribution in [0.4, 0.5) is 0 Å². The summed E-state index contributed by atoms with van der Waals surface area (Å²) in [7, 11) is 0. The zero-order valence-electron chi connectivity index (χ0n) is 14.1. The minimum Gasteiger partial charge on any atom is -0.256 e. The highest BCUT2D eigenvalue weighted by Gasteiger charge is 2.17. The lowest BCUT2D eigenvalue weighted by molar-refractivity contribution is 1.20. The van der Waals surface area contributed by atoms with Gasteiger partial charge in [-0.25, -0.2) is 0 Å². The first-order chi connectivity index (χ1) is 12.3. The second-order valence-electron chi connectivity index (χ2n) is 5.98. The summed E-state index contributed by atoms with van der Waals surface area (Å²) in [4.78, 5) is 9.48. The lowest BCUT2D eigenvalue weighted by atomic mass is 9.93. The third kappa shape index (κ3) is 3.07. The lowest BCUT2D eigenvalue weighted by Gasteiger charge is -2.16. The van der Waals surface area contributed by atoms with Gasteiger partial charge in [-0.2, -0.15) is 0 Å². The van der Waals surface area contributed by atoms with Crippen molar-refractivity contribution in [2.24, 2.45) is 0 Å². The van der Waals surface area contributed by atoms with Crippen molar-refractivity contribution in [3.8, 4) is 33.6 Å². The van der Waals surface area contributed by atoms with Crippen molar-refractivity contribution in [3.05, 3.63) is 96.8 Å². The molecule has 0 atom stereocenters. The SMILES string of the molecule is Cc1cc(-c2ccccc2)c(-c2ccccn2)c(-c2ccccc2)n1. The number of hydrogen-bond acceptors (Lipinski definition) is 2. The Balaban J connectivity index is 2.07. The van der Waals surface area contributed by atoms with Crippen molar-refractivity contribution in [3.63, 3.8) is 0 Å². The molecule has 4 rings (SSSR count). The van der Waals surface area contributed by atoms with Gasteiger partial charge >= 0.3 is 0 Å². The molecule has 0 bridgehead atoms. The first kappa shape index (κ1) is 15.3. The summed E-state index contributed by atoms with van der Waals surface area (Å²) >= 11 is 0. The topological polar surface area (TPSA) is 25.8 Å². The molecule has 0 spiro atoms. The van der Waals surface area contributed by atoms with Gasteiger partial charge in [-0.3, -0.25) is 9.97 Å². The molecule has 0 unspecified atom stereocenters. The molecule has 0 radical (unpaired) electrons. The van der Waals surface area contributed by atoms with Crippen LogP contribution in [-0.2, 0) is 0 Å². The first-order valence-electron chi connectivity index (χ1n) is 8.37. The van der Waals surface area contributed by atoms with Gasteiger partial charge in [0.05, 0.1) is 11.4 Å². The molecular weight excluding hydrogens is 304 g/mol. The van der Waals surface area contributed by atoms with Gasteiger partial charge in [0.1, 0.15) is 0 Å². The fourth-order valence-electron chi connectivity index (χ4n) is 3.09. The van der Waals surface area contributed by atoms with Crippen molar-refractivity contribution >= 4 is 0 Å². The van der Waals surface area contributed by atoms with Crippen LogP contribution in [0.2, 0.25) is 0 Å². The van der Waals surface area contributed by atoms with Crippen LogP contribution in [0.3, 0.4) is 0 Å². The van der Waals surface area contributed by atoms with Crippen molar-refractivity contribution in [2.75, 3.05) is 0 Å². The third-order valence-electron chi connectivity index (χ3n) is 4.20. The highest BCUT2D eigenvalue weighted by atomic mass is 14.7. The molecule has 0 saturated carbocycles. The Morgan fingerprint density at radius 1 is 0.680 bits per heavy atom. The molecule has 2 heteroatoms. The standard InChI is InChI=1S/C23H18N2/c1-17-16-20(18-10-4-2-5-11-18)22(21-14-8-9-15-24-21)23(25-17)19-12-6-3-7-13-19/h2-16H,1H3. The van der Waals surface area contributed by atoms with Gasteiger partial charge in [-0.05, 0) is 36.2 Å². The van der Waals surface area contributed by atoms with Crippen LogP contribution in [-0.4, -0.2) is 9.97 Å². The van der Waals surface area contributed by atoms with E-state index in [-0.39, 0.29) is 0 Å². The van der Waals surface area contributed by atoms with Gasteiger partial charge in [-0.1, -0.05) is 66.7 Å². The Morgan fingerprint density at radius 3 is 1.96 bits per heavy atom. The summed E-state index contributed by atoms with van der Waals surface area (Å²) in [5.41, 5.74) is 7.41. The van der Waals surface area contributed by atoms with Crippen molar-refractivity contribution in [1.29, 1.82) is 0 Å². The number of aryl methyl sites for hydroxylation is 1. The summed E-state index contributed by atoms with van der Waals surface area (Å²) in [5.74, 6) is 0. The Labute approximate surface area is 147 Å². The Morgan fingerprint density at radius 2 is 1.32 bits per heavy atom. The van der Waals surface area contributed by atoms with Crippen LogP contribution in [0.25, 0.3) is 33.6 Å². The molecule has 2 heterocycles. The van der Waals surface area contributed by atoms with Crippen molar-refractivity contribution in [1.82, 2.24) is 9.97 Å². The van der Waals surface area contributed by atoms with E-state index in [2.05, 4.69) is 47.4 Å². The normalized spacial score (nSPS) is 10.6. The van der Waals surface area contributed by atoms with Crippen molar-refractivity contribution < 1.29 is 0 Å². The zero-order valence-corrected chi connectivity index (χ0v) is 14.1. The van der Waals surface area contributed by atoms with Gasteiger partial charge < -0.3 is 0 Å². The molecule has 120 valence electrons. The Kier molecular flexibility index (Phi) is 4.09. The molecule has 0 fully saturated rings. The minimum absolute atomic E-state index is 0.938. The predicted octanol–water partition coefficient (Wildman–Crippen LogP) is 5.79. The second-order valence-corrected chi connectivity index (χ2v) is 5.98. The summed E-state index contributed by atoms with van der Waals surface area (Å²) in [6, 6.07) is 28.9. The zero-order chi connectivity index (χ0) is 17.1. The molecule has 0 amide bonds. The van der Waals surface area contributed by atoms with E-state index in [1.165, 1.54) is 5.56 Å². The molecule has 0 saturated heterocycles. The van der Waals surface area contributed by atoms with E-state index < -0.39 is 0 Å². The average Bonchev–Trinajstić information content (AvgIpc) is 2.69. The fourth-order valence-corrected chi connectivity index (χ4v) is 3.09. The molecule has 2 nitrogen and oxygen atoms in total. The fraction of sp³-hybridized carbons (Fsp3) is 0.0435. The van der Waals surface area contributed by atoms with Gasteiger partial charge in [-0.15, -0.1) is 0 Å². The number of nitrogens with zero attached hydrogens (tertiary/aromatic N) is 2. The van der Waals surface area contributed by atoms with E-state index in [0.717, 1.165) is 33.8 Å². The van der Waals surface area contributed by atoms with E-state index in [1.54, 1.807) is 0 Å². The number of aromatic nitrogens is 2. The summed E-state index contributed by atoms with van der Waals surface area (Å²) in [6.07, 6.45) is 1.83. The highest BCUT2D eigenvalue weighted by Crippen LogP contribution is 2.38. The average molecular weight is 322 g/mol. The Hall–Kier alpha value is -3.26. The minimum atomic E-state index is 0.938. The maximum Gasteiger partial charge on any atom is 0.0805 e. The smallest absolute Gasteiger partial charge is 0.0805 e. The van der Waals surface area contributed by atoms with Gasteiger partial charge in [0.25, 0.3) is 0 Å². The van der Waals surface area contributed by atoms with E-state index in [4.69, 9.17) is 4.98 Å². The van der Waals surface area contributed by atoms with Gasteiger partial charge in [0.15, 0.2) is 0 Å². The molecular formula is C23H18N2. The van der Waals surface area contributed by atoms with E-state index in [9.17, 15) is 0 Å². The molecule has 0 aliphatic carbocycles. The molecule has 25 heavy (non-hydrogen) atoms. The van der Waals surface area contributed by atoms with E-state index in [0.29, 0.717) is 0 Å². The predicted molar refractivity (Wildman–Crippen MR) is 103 cm³/mol. The number of rotatable bonds is 3. The maximum absolute atomic E-state index is 4.87. The number of benzene rings is 2. The van der Waals surface area contributed by atoms with E-state index >= 15 is 0 Å². The molecule has 0 aliphatic rings. The second kappa shape index (κ2) is 6.70. The largest absolute Gasteiger partial charge is 0.256 e. The van der Waals surface area contributed by atoms with Crippen LogP contribution in [0.15, 0.2) is 91.1 Å². The van der Waals surface area contributed by atoms with Crippen LogP contribution in [0.5, 0.6) is 0 Å². The third-order valence-corrected chi connectivity index (χ3v) is 4.20. The van der Waals surface area contributed by atoms with Crippen LogP contribution < -0.4 is 0 Å². The monoisotopic (exact) mass is 322 g/mol. The quantitative estimate of drug-likeness (QED) is 0.477. The first-order valence-corrected chi connectivity index (χ1v) is 8.37. The molecule has 0 aliphatic heterocycles. The molecule has 0 N–H and O–H groups in total. The molecule has 2 aromatic carbocycles.